The van der Waals surface area contributed by atoms with Crippen molar-refractivity contribution in [1.82, 2.24) is 4.98 Å². The summed E-state index contributed by atoms with van der Waals surface area (Å²) in [5.41, 5.74) is 2.19. The van der Waals surface area contributed by atoms with Gasteiger partial charge in [0, 0.05) is 16.0 Å². The standard InChI is InChI=1S/C25H26ClF2NO3/c1-6-31-24(30)22(32-25(3,4)5)20-14(2)13-19-17(11-12-18(29-19)23(27)28)21(20)15-7-9-16(26)10-8-15/h7-13,22-23H,6H2,1-5H3. The first-order chi connectivity index (χ1) is 15.0. The lowest BCUT2D eigenvalue weighted by Gasteiger charge is -2.29. The number of alkyl halides is 2. The van der Waals surface area contributed by atoms with Crippen LogP contribution in [0.2, 0.25) is 5.02 Å². The molecule has 0 saturated heterocycles. The number of benzene rings is 2. The molecule has 0 saturated carbocycles. The van der Waals surface area contributed by atoms with Gasteiger partial charge < -0.3 is 9.47 Å². The number of ether oxygens (including phenoxy) is 2. The van der Waals surface area contributed by atoms with Gasteiger partial charge in [0.05, 0.1) is 17.7 Å². The fourth-order valence-corrected chi connectivity index (χ4v) is 3.75. The molecule has 1 atom stereocenters. The number of fused-ring (bicyclic) bond motifs is 1. The molecule has 0 radical (unpaired) electrons. The molecule has 0 fully saturated rings. The zero-order valence-corrected chi connectivity index (χ0v) is 19.5. The van der Waals surface area contributed by atoms with Crippen molar-refractivity contribution in [2.75, 3.05) is 6.61 Å². The number of rotatable bonds is 6. The zero-order valence-electron chi connectivity index (χ0n) is 18.7. The van der Waals surface area contributed by atoms with Crippen LogP contribution in [0.4, 0.5) is 8.78 Å². The minimum absolute atomic E-state index is 0.199. The number of aryl methyl sites for hydroxylation is 1. The first kappa shape index (κ1) is 24.1. The lowest BCUT2D eigenvalue weighted by Crippen LogP contribution is -2.29. The van der Waals surface area contributed by atoms with Crippen molar-refractivity contribution >= 4 is 28.5 Å². The number of aromatic nitrogens is 1. The quantitative estimate of drug-likeness (QED) is 0.363. The summed E-state index contributed by atoms with van der Waals surface area (Å²) in [5.74, 6) is -0.516. The summed E-state index contributed by atoms with van der Waals surface area (Å²) in [5, 5.41) is 1.18. The summed E-state index contributed by atoms with van der Waals surface area (Å²) >= 11 is 6.09. The summed E-state index contributed by atoms with van der Waals surface area (Å²) < 4.78 is 38.1. The second-order valence-corrected chi connectivity index (χ2v) is 8.89. The van der Waals surface area contributed by atoms with Crippen LogP contribution >= 0.6 is 11.6 Å². The van der Waals surface area contributed by atoms with Gasteiger partial charge in [0.25, 0.3) is 6.43 Å². The average Bonchev–Trinajstić information content (AvgIpc) is 2.71. The first-order valence-electron chi connectivity index (χ1n) is 10.3. The molecule has 0 bridgehead atoms. The summed E-state index contributed by atoms with van der Waals surface area (Å²) in [6.45, 7) is 9.31. The Balaban J connectivity index is 2.38. The fraction of sp³-hybridized carbons (Fsp3) is 0.360. The highest BCUT2D eigenvalue weighted by Crippen LogP contribution is 2.41. The molecule has 3 aromatic rings. The topological polar surface area (TPSA) is 48.4 Å². The predicted octanol–water partition coefficient (Wildman–Crippen LogP) is 7.22. The maximum absolute atomic E-state index is 13.3. The van der Waals surface area contributed by atoms with E-state index in [0.29, 0.717) is 32.6 Å². The van der Waals surface area contributed by atoms with Gasteiger partial charge in [-0.3, -0.25) is 0 Å². The lowest BCUT2D eigenvalue weighted by molar-refractivity contribution is -0.166. The smallest absolute Gasteiger partial charge is 0.339 e. The molecule has 0 spiro atoms. The van der Waals surface area contributed by atoms with Crippen LogP contribution < -0.4 is 0 Å². The molecule has 2 aromatic carbocycles. The molecule has 3 rings (SSSR count). The Kier molecular flexibility index (Phi) is 7.16. The van der Waals surface area contributed by atoms with Gasteiger partial charge in [0.15, 0.2) is 6.10 Å². The maximum atomic E-state index is 13.3. The van der Waals surface area contributed by atoms with Gasteiger partial charge in [-0.2, -0.15) is 0 Å². The van der Waals surface area contributed by atoms with Gasteiger partial charge in [-0.05, 0) is 75.6 Å². The Bertz CT molecular complexity index is 1120. The molecule has 1 heterocycles. The Morgan fingerprint density at radius 3 is 2.34 bits per heavy atom. The lowest BCUT2D eigenvalue weighted by atomic mass is 9.88. The summed E-state index contributed by atoms with van der Waals surface area (Å²) in [6, 6.07) is 11.7. The summed E-state index contributed by atoms with van der Waals surface area (Å²) in [6.07, 6.45) is -3.70. The summed E-state index contributed by atoms with van der Waals surface area (Å²) in [7, 11) is 0. The van der Waals surface area contributed by atoms with E-state index in [9.17, 15) is 13.6 Å². The molecule has 0 amide bonds. The third kappa shape index (κ3) is 5.25. The van der Waals surface area contributed by atoms with Crippen LogP contribution in [0.3, 0.4) is 0 Å². The molecule has 4 nitrogen and oxygen atoms in total. The van der Waals surface area contributed by atoms with E-state index >= 15 is 0 Å². The fourth-order valence-electron chi connectivity index (χ4n) is 3.62. The van der Waals surface area contributed by atoms with Crippen molar-refractivity contribution in [3.8, 4) is 11.1 Å². The van der Waals surface area contributed by atoms with Gasteiger partial charge in [-0.1, -0.05) is 29.8 Å². The molecule has 170 valence electrons. The van der Waals surface area contributed by atoms with Gasteiger partial charge in [-0.25, -0.2) is 18.6 Å². The average molecular weight is 462 g/mol. The molecule has 0 aliphatic heterocycles. The number of carbonyl (C=O) groups is 1. The minimum Gasteiger partial charge on any atom is -0.464 e. The number of halogens is 3. The SMILES string of the molecule is CCOC(=O)C(OC(C)(C)C)c1c(C)cc2nc(C(F)F)ccc2c1-c1ccc(Cl)cc1. The number of hydrogen-bond acceptors (Lipinski definition) is 4. The van der Waals surface area contributed by atoms with E-state index < -0.39 is 24.1 Å². The molecule has 1 unspecified atom stereocenters. The number of esters is 1. The predicted molar refractivity (Wildman–Crippen MR) is 122 cm³/mol. The van der Waals surface area contributed by atoms with Crippen LogP contribution in [0.1, 0.15) is 57.0 Å². The van der Waals surface area contributed by atoms with Gasteiger partial charge in [0.2, 0.25) is 0 Å². The van der Waals surface area contributed by atoms with E-state index in [1.54, 1.807) is 31.2 Å². The molecular formula is C25H26ClF2NO3. The van der Waals surface area contributed by atoms with E-state index in [4.69, 9.17) is 21.1 Å². The molecule has 0 aliphatic carbocycles. The highest BCUT2D eigenvalue weighted by Gasteiger charge is 2.33. The van der Waals surface area contributed by atoms with Gasteiger partial charge in [0.1, 0.15) is 5.69 Å². The van der Waals surface area contributed by atoms with Gasteiger partial charge in [-0.15, -0.1) is 0 Å². The van der Waals surface area contributed by atoms with Crippen LogP contribution in [0.5, 0.6) is 0 Å². The zero-order chi connectivity index (χ0) is 23.6. The van der Waals surface area contributed by atoms with Crippen molar-refractivity contribution in [2.24, 2.45) is 0 Å². The van der Waals surface area contributed by atoms with E-state index in [-0.39, 0.29) is 12.3 Å². The molecule has 0 N–H and O–H groups in total. The van der Waals surface area contributed by atoms with E-state index in [1.165, 1.54) is 6.07 Å². The van der Waals surface area contributed by atoms with Crippen molar-refractivity contribution in [3.05, 3.63) is 64.3 Å². The highest BCUT2D eigenvalue weighted by molar-refractivity contribution is 6.30. The van der Waals surface area contributed by atoms with E-state index in [0.717, 1.165) is 5.56 Å². The van der Waals surface area contributed by atoms with E-state index in [2.05, 4.69) is 4.98 Å². The second kappa shape index (κ2) is 9.51. The Morgan fingerprint density at radius 2 is 1.78 bits per heavy atom. The largest absolute Gasteiger partial charge is 0.464 e. The van der Waals surface area contributed by atoms with Crippen molar-refractivity contribution in [2.45, 2.75) is 52.7 Å². The maximum Gasteiger partial charge on any atom is 0.339 e. The Morgan fingerprint density at radius 1 is 1.12 bits per heavy atom. The molecule has 7 heteroatoms. The highest BCUT2D eigenvalue weighted by atomic mass is 35.5. The van der Waals surface area contributed by atoms with Crippen LogP contribution in [-0.2, 0) is 14.3 Å². The summed E-state index contributed by atoms with van der Waals surface area (Å²) in [4.78, 5) is 17.2. The van der Waals surface area contributed by atoms with Crippen molar-refractivity contribution in [1.29, 1.82) is 0 Å². The third-order valence-electron chi connectivity index (χ3n) is 4.85. The number of pyridine rings is 1. The molecular weight excluding hydrogens is 436 g/mol. The van der Waals surface area contributed by atoms with Crippen LogP contribution in [0.25, 0.3) is 22.0 Å². The molecule has 0 aliphatic rings. The Hall–Kier alpha value is -2.57. The third-order valence-corrected chi connectivity index (χ3v) is 5.11. The minimum atomic E-state index is -2.69. The van der Waals surface area contributed by atoms with Crippen LogP contribution in [0.15, 0.2) is 42.5 Å². The molecule has 1 aromatic heterocycles. The number of hydrogen-bond donors (Lipinski definition) is 0. The molecule has 32 heavy (non-hydrogen) atoms. The number of carbonyl (C=O) groups excluding carboxylic acids is 1. The van der Waals surface area contributed by atoms with Gasteiger partial charge >= 0.3 is 5.97 Å². The second-order valence-electron chi connectivity index (χ2n) is 8.45. The first-order valence-corrected chi connectivity index (χ1v) is 10.7. The van der Waals surface area contributed by atoms with Crippen molar-refractivity contribution in [3.63, 3.8) is 0 Å². The van der Waals surface area contributed by atoms with Crippen molar-refractivity contribution < 1.29 is 23.0 Å². The van der Waals surface area contributed by atoms with E-state index in [1.807, 2.05) is 39.8 Å². The number of nitrogens with zero attached hydrogens (tertiary/aromatic N) is 1. The van der Waals surface area contributed by atoms with Crippen LogP contribution in [0, 0.1) is 6.92 Å². The Labute approximate surface area is 191 Å². The van der Waals surface area contributed by atoms with Crippen LogP contribution in [-0.4, -0.2) is 23.2 Å². The monoisotopic (exact) mass is 461 g/mol. The normalized spacial score (nSPS) is 12.9.